The first kappa shape index (κ1) is 29.5. The van der Waals surface area contributed by atoms with E-state index in [4.69, 9.17) is 4.74 Å². The molecular formula is C28H36N2O7. The molecule has 2 aromatic carbocycles. The Morgan fingerprint density at radius 1 is 0.865 bits per heavy atom. The Labute approximate surface area is 217 Å². The number of aliphatic hydroxyl groups is 1. The molecule has 0 aliphatic rings. The summed E-state index contributed by atoms with van der Waals surface area (Å²) in [6.45, 7) is 2.79. The number of nitrogens with one attached hydrogen (secondary N) is 2. The summed E-state index contributed by atoms with van der Waals surface area (Å²) in [5.74, 6) is -1.68. The molecule has 3 atom stereocenters. The fourth-order valence-corrected chi connectivity index (χ4v) is 3.93. The van der Waals surface area contributed by atoms with E-state index in [0.29, 0.717) is 19.3 Å². The van der Waals surface area contributed by atoms with E-state index in [-0.39, 0.29) is 37.2 Å². The van der Waals surface area contributed by atoms with E-state index >= 15 is 0 Å². The van der Waals surface area contributed by atoms with Crippen LogP contribution in [0, 0.1) is 0 Å². The van der Waals surface area contributed by atoms with Crippen LogP contribution in [-0.4, -0.2) is 60.8 Å². The summed E-state index contributed by atoms with van der Waals surface area (Å²) < 4.78 is 9.88. The van der Waals surface area contributed by atoms with E-state index in [9.17, 15) is 24.3 Å². The molecule has 200 valence electrons. The van der Waals surface area contributed by atoms with Crippen molar-refractivity contribution in [2.45, 2.75) is 64.2 Å². The van der Waals surface area contributed by atoms with Gasteiger partial charge in [-0.05, 0) is 42.4 Å². The van der Waals surface area contributed by atoms with Crippen molar-refractivity contribution in [3.63, 3.8) is 0 Å². The van der Waals surface area contributed by atoms with E-state index in [2.05, 4.69) is 15.4 Å². The lowest BCUT2D eigenvalue weighted by Gasteiger charge is -2.23. The summed E-state index contributed by atoms with van der Waals surface area (Å²) in [5, 5.41) is 15.4. The number of amides is 2. The van der Waals surface area contributed by atoms with Gasteiger partial charge in [-0.25, -0.2) is 4.79 Å². The molecule has 0 spiro atoms. The van der Waals surface area contributed by atoms with Crippen molar-refractivity contribution >= 4 is 23.8 Å². The minimum Gasteiger partial charge on any atom is -0.467 e. The van der Waals surface area contributed by atoms with Crippen molar-refractivity contribution in [1.29, 1.82) is 0 Å². The van der Waals surface area contributed by atoms with Crippen LogP contribution in [0.15, 0.2) is 54.6 Å². The van der Waals surface area contributed by atoms with Crippen LogP contribution in [0.2, 0.25) is 0 Å². The van der Waals surface area contributed by atoms with Gasteiger partial charge in [0.2, 0.25) is 11.8 Å². The topological polar surface area (TPSA) is 131 Å². The Morgan fingerprint density at radius 3 is 2.08 bits per heavy atom. The zero-order valence-electron chi connectivity index (χ0n) is 21.6. The first-order valence-electron chi connectivity index (χ1n) is 12.3. The maximum absolute atomic E-state index is 12.5. The van der Waals surface area contributed by atoms with E-state index in [0.717, 1.165) is 16.7 Å². The van der Waals surface area contributed by atoms with Crippen molar-refractivity contribution in [3.8, 4) is 11.1 Å². The predicted octanol–water partition coefficient (Wildman–Crippen LogP) is 2.54. The lowest BCUT2D eigenvalue weighted by Crippen LogP contribution is -2.38. The maximum atomic E-state index is 12.5. The van der Waals surface area contributed by atoms with Crippen LogP contribution in [0.25, 0.3) is 11.1 Å². The number of ether oxygens (including phenoxy) is 2. The molecule has 0 aliphatic heterocycles. The van der Waals surface area contributed by atoms with Crippen molar-refractivity contribution in [1.82, 2.24) is 10.6 Å². The summed E-state index contributed by atoms with van der Waals surface area (Å²) in [7, 11) is 1.19. The molecule has 0 radical (unpaired) electrons. The van der Waals surface area contributed by atoms with Gasteiger partial charge >= 0.3 is 11.9 Å². The molecule has 3 N–H and O–H groups in total. The van der Waals surface area contributed by atoms with Crippen molar-refractivity contribution in [2.24, 2.45) is 0 Å². The SMILES string of the molecule is COC(=O)C(O)CCC(CCC(CNC(=O)Cc1ccc(-c2ccccc2)cc1)OC(C)=O)NC(C)=O. The van der Waals surface area contributed by atoms with Crippen molar-refractivity contribution in [3.05, 3.63) is 60.2 Å². The average Bonchev–Trinajstić information content (AvgIpc) is 2.88. The second kappa shape index (κ2) is 15.4. The van der Waals surface area contributed by atoms with Crippen LogP contribution in [0.1, 0.15) is 45.1 Å². The third kappa shape index (κ3) is 11.3. The molecule has 2 rings (SSSR count). The summed E-state index contributed by atoms with van der Waals surface area (Å²) >= 11 is 0. The number of esters is 2. The van der Waals surface area contributed by atoms with Crippen LogP contribution >= 0.6 is 0 Å². The van der Waals surface area contributed by atoms with Gasteiger partial charge in [0.05, 0.1) is 20.1 Å². The molecule has 3 unspecified atom stereocenters. The fourth-order valence-electron chi connectivity index (χ4n) is 3.93. The maximum Gasteiger partial charge on any atom is 0.334 e. The smallest absolute Gasteiger partial charge is 0.334 e. The number of carbonyl (C=O) groups is 4. The highest BCUT2D eigenvalue weighted by Crippen LogP contribution is 2.19. The Balaban J connectivity index is 1.88. The highest BCUT2D eigenvalue weighted by Gasteiger charge is 2.21. The van der Waals surface area contributed by atoms with Gasteiger partial charge in [0.1, 0.15) is 6.10 Å². The summed E-state index contributed by atoms with van der Waals surface area (Å²) in [6, 6.07) is 17.4. The Morgan fingerprint density at radius 2 is 1.49 bits per heavy atom. The molecule has 2 amide bonds. The number of carbonyl (C=O) groups excluding carboxylic acids is 4. The van der Waals surface area contributed by atoms with Crippen LogP contribution < -0.4 is 10.6 Å². The van der Waals surface area contributed by atoms with Gasteiger partial charge in [-0.15, -0.1) is 0 Å². The van der Waals surface area contributed by atoms with Gasteiger partial charge in [-0.2, -0.15) is 0 Å². The standard InChI is InChI=1S/C28H36N2O7/c1-19(31)30-24(14-16-26(33)28(35)36-3)13-15-25(37-20(2)32)18-29-27(34)17-21-9-11-23(12-10-21)22-7-5-4-6-8-22/h4-12,24-26,33H,13-18H2,1-3H3,(H,29,34)(H,30,31). The number of aliphatic hydroxyl groups excluding tert-OH is 1. The second-order valence-electron chi connectivity index (χ2n) is 8.87. The molecule has 0 bridgehead atoms. The van der Waals surface area contributed by atoms with E-state index in [1.807, 2.05) is 54.6 Å². The third-order valence-corrected chi connectivity index (χ3v) is 5.79. The van der Waals surface area contributed by atoms with Gasteiger partial charge in [-0.1, -0.05) is 54.6 Å². The number of hydrogen-bond acceptors (Lipinski definition) is 7. The predicted molar refractivity (Wildman–Crippen MR) is 138 cm³/mol. The first-order chi connectivity index (χ1) is 17.7. The van der Waals surface area contributed by atoms with Gasteiger partial charge in [-0.3, -0.25) is 14.4 Å². The molecule has 0 aliphatic carbocycles. The zero-order valence-corrected chi connectivity index (χ0v) is 21.6. The van der Waals surface area contributed by atoms with E-state index in [1.165, 1.54) is 21.0 Å². The number of rotatable bonds is 14. The first-order valence-corrected chi connectivity index (χ1v) is 12.3. The van der Waals surface area contributed by atoms with Gasteiger partial charge in [0.25, 0.3) is 0 Å². The van der Waals surface area contributed by atoms with Gasteiger partial charge < -0.3 is 25.2 Å². The summed E-state index contributed by atoms with van der Waals surface area (Å²) in [6.07, 6.45) is -0.478. The lowest BCUT2D eigenvalue weighted by atomic mass is 10.0. The molecular weight excluding hydrogens is 476 g/mol. The molecule has 0 saturated heterocycles. The average molecular weight is 513 g/mol. The van der Waals surface area contributed by atoms with Gasteiger partial charge in [0, 0.05) is 19.9 Å². The Hall–Kier alpha value is -3.72. The minimum atomic E-state index is -1.29. The highest BCUT2D eigenvalue weighted by molar-refractivity contribution is 5.79. The lowest BCUT2D eigenvalue weighted by molar-refractivity contribution is -0.151. The van der Waals surface area contributed by atoms with Crippen molar-refractivity contribution < 1.29 is 33.8 Å². The van der Waals surface area contributed by atoms with E-state index in [1.54, 1.807) is 0 Å². The second-order valence-corrected chi connectivity index (χ2v) is 8.87. The van der Waals surface area contributed by atoms with Crippen LogP contribution in [0.5, 0.6) is 0 Å². The normalized spacial score (nSPS) is 13.1. The third-order valence-electron chi connectivity index (χ3n) is 5.79. The Bertz CT molecular complexity index is 1020. The molecule has 2 aromatic rings. The minimum absolute atomic E-state index is 0.107. The molecule has 0 fully saturated rings. The summed E-state index contributed by atoms with van der Waals surface area (Å²) in [4.78, 5) is 47.2. The molecule has 37 heavy (non-hydrogen) atoms. The zero-order chi connectivity index (χ0) is 27.2. The molecule has 0 aromatic heterocycles. The number of methoxy groups -OCH3 is 1. The molecule has 0 saturated carbocycles. The Kier molecular flexibility index (Phi) is 12.3. The quantitative estimate of drug-likeness (QED) is 0.332. The van der Waals surface area contributed by atoms with Crippen LogP contribution in [0.4, 0.5) is 0 Å². The molecule has 9 heteroatoms. The molecule has 0 heterocycles. The number of hydrogen-bond donors (Lipinski definition) is 3. The largest absolute Gasteiger partial charge is 0.467 e. The van der Waals surface area contributed by atoms with Crippen LogP contribution in [-0.2, 0) is 35.1 Å². The summed E-state index contributed by atoms with van der Waals surface area (Å²) in [5.41, 5.74) is 3.02. The monoisotopic (exact) mass is 512 g/mol. The van der Waals surface area contributed by atoms with Crippen molar-refractivity contribution in [2.75, 3.05) is 13.7 Å². The highest BCUT2D eigenvalue weighted by atomic mass is 16.5. The molecule has 9 nitrogen and oxygen atoms in total. The van der Waals surface area contributed by atoms with Gasteiger partial charge in [0.15, 0.2) is 6.10 Å². The van der Waals surface area contributed by atoms with Crippen LogP contribution in [0.3, 0.4) is 0 Å². The van der Waals surface area contributed by atoms with E-state index < -0.39 is 24.1 Å². The fraction of sp³-hybridized carbons (Fsp3) is 0.429. The number of benzene rings is 2.